The van der Waals surface area contributed by atoms with Crippen LogP contribution in [0.25, 0.3) is 6.08 Å². The van der Waals surface area contributed by atoms with Gasteiger partial charge in [-0.05, 0) is 36.6 Å². The van der Waals surface area contributed by atoms with Crippen LogP contribution in [-0.2, 0) is 0 Å². The quantitative estimate of drug-likeness (QED) is 0.744. The summed E-state index contributed by atoms with van der Waals surface area (Å²) in [4.78, 5) is 0. The van der Waals surface area contributed by atoms with Gasteiger partial charge in [-0.3, -0.25) is 0 Å². The van der Waals surface area contributed by atoms with Crippen LogP contribution in [0.4, 0.5) is 0 Å². The number of benzene rings is 1. The maximum Gasteiger partial charge on any atom is 0.121 e. The van der Waals surface area contributed by atoms with Crippen molar-refractivity contribution in [1.29, 1.82) is 0 Å². The van der Waals surface area contributed by atoms with E-state index in [0.717, 1.165) is 17.5 Å². The molecule has 82 valence electrons. The van der Waals surface area contributed by atoms with Gasteiger partial charge in [0.2, 0.25) is 0 Å². The Morgan fingerprint density at radius 3 is 2.67 bits per heavy atom. The molecule has 0 atom stereocenters. The molecule has 1 aromatic carbocycles. The molecule has 0 bridgehead atoms. The first-order chi connectivity index (χ1) is 7.21. The van der Waals surface area contributed by atoms with Crippen LogP contribution in [0.15, 0.2) is 23.8 Å². The first-order valence-corrected chi connectivity index (χ1v) is 6.23. The van der Waals surface area contributed by atoms with E-state index in [1.807, 2.05) is 6.07 Å². The summed E-state index contributed by atoms with van der Waals surface area (Å²) < 4.78 is 5.23. The summed E-state index contributed by atoms with van der Waals surface area (Å²) in [6.45, 7) is 4.24. The summed E-state index contributed by atoms with van der Waals surface area (Å²) in [7, 11) is 1.70. The molecule has 1 nitrogen and oxygen atoms in total. The maximum absolute atomic E-state index is 5.23. The second-order valence-corrected chi connectivity index (χ2v) is 4.08. The zero-order valence-electron chi connectivity index (χ0n) is 9.51. The van der Waals surface area contributed by atoms with E-state index in [4.69, 9.17) is 4.74 Å². The number of allylic oxidation sites excluding steroid dienone is 1. The molecule has 0 fully saturated rings. The lowest BCUT2D eigenvalue weighted by atomic mass is 10.1. The first kappa shape index (κ1) is 12.3. The lowest BCUT2D eigenvalue weighted by Crippen LogP contribution is -1.88. The molecule has 1 rings (SSSR count). The van der Waals surface area contributed by atoms with E-state index >= 15 is 0 Å². The molecule has 2 heteroatoms. The number of hydrogen-bond donors (Lipinski definition) is 0. The highest BCUT2D eigenvalue weighted by atomic mass is 79.9. The van der Waals surface area contributed by atoms with E-state index in [1.165, 1.54) is 16.7 Å². The van der Waals surface area contributed by atoms with Gasteiger partial charge in [-0.2, -0.15) is 0 Å². The van der Waals surface area contributed by atoms with E-state index in [9.17, 15) is 0 Å². The summed E-state index contributed by atoms with van der Waals surface area (Å²) in [5, 5.41) is 0.939. The minimum absolute atomic E-state index is 0.939. The average molecular weight is 269 g/mol. The van der Waals surface area contributed by atoms with Gasteiger partial charge in [-0.25, -0.2) is 0 Å². The number of ether oxygens (including phenoxy) is 1. The topological polar surface area (TPSA) is 9.23 Å². The predicted octanol–water partition coefficient (Wildman–Crippen LogP) is 4.19. The van der Waals surface area contributed by atoms with Gasteiger partial charge in [0.25, 0.3) is 0 Å². The van der Waals surface area contributed by atoms with Crippen LogP contribution in [0.1, 0.15) is 24.5 Å². The smallest absolute Gasteiger partial charge is 0.121 e. The van der Waals surface area contributed by atoms with Gasteiger partial charge < -0.3 is 4.74 Å². The lowest BCUT2D eigenvalue weighted by Gasteiger charge is -2.06. The highest BCUT2D eigenvalue weighted by molar-refractivity contribution is 9.09. The van der Waals surface area contributed by atoms with E-state index < -0.39 is 0 Å². The van der Waals surface area contributed by atoms with E-state index in [-0.39, 0.29) is 0 Å². The number of aryl methyl sites for hydroxylation is 1. The number of halogens is 1. The molecule has 0 aliphatic heterocycles. The van der Waals surface area contributed by atoms with Crippen molar-refractivity contribution in [3.63, 3.8) is 0 Å². The Balaban J connectivity index is 2.97. The molecule has 0 spiro atoms. The molecule has 15 heavy (non-hydrogen) atoms. The molecule has 0 radical (unpaired) electrons. The highest BCUT2D eigenvalue weighted by Crippen LogP contribution is 2.20. The fourth-order valence-corrected chi connectivity index (χ4v) is 2.02. The number of hydrogen-bond acceptors (Lipinski definition) is 1. The Labute approximate surface area is 100 Å². The van der Waals surface area contributed by atoms with Crippen molar-refractivity contribution in [3.8, 4) is 5.75 Å². The fourth-order valence-electron chi connectivity index (χ4n) is 1.46. The van der Waals surface area contributed by atoms with Crippen LogP contribution < -0.4 is 4.74 Å². The third-order valence-electron chi connectivity index (χ3n) is 2.42. The van der Waals surface area contributed by atoms with Gasteiger partial charge in [-0.15, -0.1) is 0 Å². The maximum atomic E-state index is 5.23. The molecule has 0 saturated heterocycles. The van der Waals surface area contributed by atoms with Gasteiger partial charge in [0.1, 0.15) is 5.75 Å². The monoisotopic (exact) mass is 268 g/mol. The van der Waals surface area contributed by atoms with Gasteiger partial charge in [0, 0.05) is 5.33 Å². The molecule has 0 unspecified atom stereocenters. The van der Waals surface area contributed by atoms with Crippen LogP contribution in [0.2, 0.25) is 0 Å². The molecule has 0 amide bonds. The van der Waals surface area contributed by atoms with Crippen LogP contribution in [0.3, 0.4) is 0 Å². The van der Waals surface area contributed by atoms with Crippen molar-refractivity contribution in [2.24, 2.45) is 0 Å². The van der Waals surface area contributed by atoms with Crippen molar-refractivity contribution >= 4 is 22.0 Å². The van der Waals surface area contributed by atoms with Gasteiger partial charge in [-0.1, -0.05) is 40.6 Å². The van der Waals surface area contributed by atoms with Gasteiger partial charge >= 0.3 is 0 Å². The van der Waals surface area contributed by atoms with Crippen LogP contribution in [0.5, 0.6) is 5.75 Å². The molecule has 0 saturated carbocycles. The molecule has 0 aromatic heterocycles. The molecule has 0 heterocycles. The SMILES string of the molecule is CCC(=Cc1ccc(OC)c(C)c1)CBr. The van der Waals surface area contributed by atoms with Crippen LogP contribution in [0, 0.1) is 6.92 Å². The first-order valence-electron chi connectivity index (χ1n) is 5.11. The highest BCUT2D eigenvalue weighted by Gasteiger charge is 1.99. The van der Waals surface area contributed by atoms with E-state index in [1.54, 1.807) is 7.11 Å². The van der Waals surface area contributed by atoms with E-state index in [2.05, 4.69) is 48.0 Å². The standard InChI is InChI=1S/C13H17BrO/c1-4-11(9-14)8-12-5-6-13(15-3)10(2)7-12/h5-8H,4,9H2,1-3H3. The average Bonchev–Trinajstić information content (AvgIpc) is 2.26. The Hall–Kier alpha value is -0.760. The summed E-state index contributed by atoms with van der Waals surface area (Å²) >= 11 is 3.49. The molecule has 0 aliphatic rings. The van der Waals surface area contributed by atoms with Crippen molar-refractivity contribution in [1.82, 2.24) is 0 Å². The normalized spacial score (nSPS) is 11.6. The summed E-state index contributed by atoms with van der Waals surface area (Å²) in [5.74, 6) is 0.948. The van der Waals surface area contributed by atoms with Crippen molar-refractivity contribution < 1.29 is 4.74 Å². The van der Waals surface area contributed by atoms with Gasteiger partial charge in [0.05, 0.1) is 7.11 Å². The largest absolute Gasteiger partial charge is 0.496 e. The Morgan fingerprint density at radius 2 is 2.20 bits per heavy atom. The molecular formula is C13H17BrO. The van der Waals surface area contributed by atoms with Gasteiger partial charge in [0.15, 0.2) is 0 Å². The number of methoxy groups -OCH3 is 1. The third-order valence-corrected chi connectivity index (χ3v) is 3.14. The van der Waals surface area contributed by atoms with Crippen molar-refractivity contribution in [2.45, 2.75) is 20.3 Å². The number of alkyl halides is 1. The summed E-state index contributed by atoms with van der Waals surface area (Å²) in [6, 6.07) is 6.25. The zero-order valence-corrected chi connectivity index (χ0v) is 11.1. The summed E-state index contributed by atoms with van der Waals surface area (Å²) in [5.41, 5.74) is 3.82. The van der Waals surface area contributed by atoms with Crippen molar-refractivity contribution in [2.75, 3.05) is 12.4 Å². The van der Waals surface area contributed by atoms with Crippen molar-refractivity contribution in [3.05, 3.63) is 34.9 Å². The lowest BCUT2D eigenvalue weighted by molar-refractivity contribution is 0.411. The Morgan fingerprint density at radius 1 is 1.47 bits per heavy atom. The second-order valence-electron chi connectivity index (χ2n) is 3.52. The van der Waals surface area contributed by atoms with E-state index in [0.29, 0.717) is 0 Å². The van der Waals surface area contributed by atoms with Crippen LogP contribution in [-0.4, -0.2) is 12.4 Å². The Bertz CT molecular complexity index is 350. The molecule has 1 aromatic rings. The molecule has 0 aliphatic carbocycles. The summed E-state index contributed by atoms with van der Waals surface area (Å²) in [6.07, 6.45) is 3.30. The third kappa shape index (κ3) is 3.38. The minimum Gasteiger partial charge on any atom is -0.496 e. The zero-order chi connectivity index (χ0) is 11.3. The second kappa shape index (κ2) is 5.96. The fraction of sp³-hybridized carbons (Fsp3) is 0.385. The molecular weight excluding hydrogens is 252 g/mol. The molecule has 0 N–H and O–H groups in total. The minimum atomic E-state index is 0.939. The number of rotatable bonds is 4. The van der Waals surface area contributed by atoms with Crippen LogP contribution >= 0.6 is 15.9 Å². The Kier molecular flexibility index (Phi) is 4.89. The predicted molar refractivity (Wildman–Crippen MR) is 69.8 cm³/mol.